The maximum absolute atomic E-state index is 12.9. The topological polar surface area (TPSA) is 49.4 Å². The third-order valence-electron chi connectivity index (χ3n) is 4.05. The molecule has 0 aromatic heterocycles. The molecule has 0 aliphatic rings. The molecule has 0 bridgehead atoms. The van der Waals surface area contributed by atoms with Crippen molar-refractivity contribution in [1.82, 2.24) is 10.2 Å². The first-order valence-electron chi connectivity index (χ1n) is 8.46. The van der Waals surface area contributed by atoms with Crippen LogP contribution in [0.2, 0.25) is 5.02 Å². The molecule has 0 saturated carbocycles. The van der Waals surface area contributed by atoms with Gasteiger partial charge in [-0.25, -0.2) is 0 Å². The van der Waals surface area contributed by atoms with Crippen molar-refractivity contribution < 1.29 is 9.59 Å². The third kappa shape index (κ3) is 5.85. The molecule has 0 heterocycles. The molecule has 2 amide bonds. The molecular formula is C20H22BrClN2O2. The van der Waals surface area contributed by atoms with Gasteiger partial charge in [0.1, 0.15) is 6.04 Å². The van der Waals surface area contributed by atoms with Gasteiger partial charge in [-0.15, -0.1) is 0 Å². The molecule has 0 aliphatic carbocycles. The normalized spacial score (nSPS) is 11.7. The number of carbonyl (C=O) groups is 2. The predicted molar refractivity (Wildman–Crippen MR) is 108 cm³/mol. The van der Waals surface area contributed by atoms with Gasteiger partial charge in [0.25, 0.3) is 0 Å². The molecule has 0 saturated heterocycles. The van der Waals surface area contributed by atoms with E-state index in [0.29, 0.717) is 18.1 Å². The third-order valence-corrected chi connectivity index (χ3v) is 4.83. The Balaban J connectivity index is 2.20. The Bertz CT molecular complexity index is 747. The van der Waals surface area contributed by atoms with Gasteiger partial charge in [-0.2, -0.15) is 0 Å². The lowest BCUT2D eigenvalue weighted by atomic mass is 10.1. The number of nitrogens with one attached hydrogen (secondary N) is 1. The molecule has 26 heavy (non-hydrogen) atoms. The van der Waals surface area contributed by atoms with E-state index in [2.05, 4.69) is 21.2 Å². The highest BCUT2D eigenvalue weighted by atomic mass is 79.9. The summed E-state index contributed by atoms with van der Waals surface area (Å²) in [5.41, 5.74) is 1.83. The molecule has 2 aromatic carbocycles. The zero-order valence-corrected chi connectivity index (χ0v) is 17.2. The van der Waals surface area contributed by atoms with Gasteiger partial charge in [0.2, 0.25) is 11.8 Å². The summed E-state index contributed by atoms with van der Waals surface area (Å²) in [7, 11) is 0. The monoisotopic (exact) mass is 436 g/mol. The first-order valence-corrected chi connectivity index (χ1v) is 9.64. The van der Waals surface area contributed by atoms with Crippen molar-refractivity contribution in [3.8, 4) is 0 Å². The summed E-state index contributed by atoms with van der Waals surface area (Å²) in [6.45, 7) is 4.52. The lowest BCUT2D eigenvalue weighted by Crippen LogP contribution is -2.48. The number of amides is 2. The average molecular weight is 438 g/mol. The summed E-state index contributed by atoms with van der Waals surface area (Å²) >= 11 is 9.31. The Morgan fingerprint density at radius 1 is 1.08 bits per heavy atom. The van der Waals surface area contributed by atoms with Crippen molar-refractivity contribution in [2.24, 2.45) is 0 Å². The average Bonchev–Trinajstić information content (AvgIpc) is 2.62. The van der Waals surface area contributed by atoms with E-state index in [1.807, 2.05) is 43.3 Å². The highest BCUT2D eigenvalue weighted by Gasteiger charge is 2.25. The van der Waals surface area contributed by atoms with Crippen LogP contribution < -0.4 is 5.32 Å². The number of likely N-dealkylation sites (N-methyl/N-ethyl adjacent to an activating group) is 1. The van der Waals surface area contributed by atoms with Crippen molar-refractivity contribution in [3.05, 3.63) is 69.2 Å². The second kappa shape index (κ2) is 9.74. The van der Waals surface area contributed by atoms with Gasteiger partial charge < -0.3 is 10.2 Å². The van der Waals surface area contributed by atoms with Gasteiger partial charge in [-0.3, -0.25) is 9.59 Å². The second-order valence-electron chi connectivity index (χ2n) is 6.02. The Labute approximate surface area is 167 Å². The summed E-state index contributed by atoms with van der Waals surface area (Å²) in [5, 5.41) is 3.42. The van der Waals surface area contributed by atoms with Gasteiger partial charge in [-0.1, -0.05) is 51.8 Å². The highest BCUT2D eigenvalue weighted by Crippen LogP contribution is 2.16. The molecule has 2 aromatic rings. The van der Waals surface area contributed by atoms with Gasteiger partial charge in [0.15, 0.2) is 0 Å². The number of benzene rings is 2. The minimum atomic E-state index is -0.557. The molecule has 0 fully saturated rings. The van der Waals surface area contributed by atoms with E-state index in [1.165, 1.54) is 0 Å². The largest absolute Gasteiger partial charge is 0.355 e. The van der Waals surface area contributed by atoms with E-state index in [4.69, 9.17) is 11.6 Å². The fourth-order valence-corrected chi connectivity index (χ4v) is 2.96. The Kier molecular flexibility index (Phi) is 7.66. The van der Waals surface area contributed by atoms with Crippen molar-refractivity contribution >= 4 is 39.3 Å². The van der Waals surface area contributed by atoms with Crippen molar-refractivity contribution in [2.75, 3.05) is 6.54 Å². The predicted octanol–water partition coefficient (Wildman–Crippen LogP) is 4.20. The molecule has 1 N–H and O–H groups in total. The summed E-state index contributed by atoms with van der Waals surface area (Å²) in [6.07, 6.45) is 0.220. The standard InChI is InChI=1S/C20H22BrClN2O2/c1-3-23-20(26)14(2)24(13-16-4-8-17(21)9-5-16)19(25)12-15-6-10-18(22)11-7-15/h4-11,14H,3,12-13H2,1-2H3,(H,23,26). The minimum Gasteiger partial charge on any atom is -0.355 e. The van der Waals surface area contributed by atoms with Crippen LogP contribution in [-0.2, 0) is 22.6 Å². The number of rotatable bonds is 7. The van der Waals surface area contributed by atoms with Crippen LogP contribution in [0.25, 0.3) is 0 Å². The highest BCUT2D eigenvalue weighted by molar-refractivity contribution is 9.10. The number of halogens is 2. The molecule has 0 radical (unpaired) electrons. The van der Waals surface area contributed by atoms with Crippen LogP contribution in [0.4, 0.5) is 0 Å². The summed E-state index contributed by atoms with van der Waals surface area (Å²) in [5.74, 6) is -0.261. The van der Waals surface area contributed by atoms with Crippen LogP contribution in [0.3, 0.4) is 0 Å². The fraction of sp³-hybridized carbons (Fsp3) is 0.300. The van der Waals surface area contributed by atoms with E-state index in [1.54, 1.807) is 24.0 Å². The SMILES string of the molecule is CCNC(=O)C(C)N(Cc1ccc(Br)cc1)C(=O)Cc1ccc(Cl)cc1. The molecule has 4 nitrogen and oxygen atoms in total. The van der Waals surface area contributed by atoms with Crippen LogP contribution in [-0.4, -0.2) is 29.3 Å². The Hall–Kier alpha value is -1.85. The lowest BCUT2D eigenvalue weighted by Gasteiger charge is -2.29. The molecule has 1 atom stereocenters. The van der Waals surface area contributed by atoms with E-state index in [0.717, 1.165) is 15.6 Å². The van der Waals surface area contributed by atoms with E-state index >= 15 is 0 Å². The number of nitrogens with zero attached hydrogens (tertiary/aromatic N) is 1. The molecule has 1 unspecified atom stereocenters. The molecule has 6 heteroatoms. The van der Waals surface area contributed by atoms with Crippen LogP contribution >= 0.6 is 27.5 Å². The van der Waals surface area contributed by atoms with Gasteiger partial charge in [-0.05, 0) is 49.2 Å². The van der Waals surface area contributed by atoms with E-state index < -0.39 is 6.04 Å². The first-order chi connectivity index (χ1) is 12.4. The maximum atomic E-state index is 12.9. The second-order valence-corrected chi connectivity index (χ2v) is 7.37. The summed E-state index contributed by atoms with van der Waals surface area (Å²) in [4.78, 5) is 26.8. The lowest BCUT2D eigenvalue weighted by molar-refractivity contribution is -0.140. The van der Waals surface area contributed by atoms with Gasteiger partial charge in [0, 0.05) is 22.6 Å². The van der Waals surface area contributed by atoms with Gasteiger partial charge >= 0.3 is 0 Å². The van der Waals surface area contributed by atoms with Crippen molar-refractivity contribution in [3.63, 3.8) is 0 Å². The zero-order chi connectivity index (χ0) is 19.1. The summed E-state index contributed by atoms with van der Waals surface area (Å²) < 4.78 is 0.970. The molecule has 0 spiro atoms. The van der Waals surface area contributed by atoms with Crippen LogP contribution in [0.1, 0.15) is 25.0 Å². The number of hydrogen-bond acceptors (Lipinski definition) is 2. The van der Waals surface area contributed by atoms with E-state index in [9.17, 15) is 9.59 Å². The molecule has 2 rings (SSSR count). The van der Waals surface area contributed by atoms with Gasteiger partial charge in [0.05, 0.1) is 6.42 Å². The van der Waals surface area contributed by atoms with Crippen LogP contribution in [0.15, 0.2) is 53.0 Å². The van der Waals surface area contributed by atoms with Crippen molar-refractivity contribution in [2.45, 2.75) is 32.9 Å². The smallest absolute Gasteiger partial charge is 0.242 e. The van der Waals surface area contributed by atoms with Crippen LogP contribution in [0.5, 0.6) is 0 Å². The molecule has 0 aliphatic heterocycles. The Morgan fingerprint density at radius 3 is 2.23 bits per heavy atom. The minimum absolute atomic E-state index is 0.103. The fourth-order valence-electron chi connectivity index (χ4n) is 2.57. The van der Waals surface area contributed by atoms with Crippen molar-refractivity contribution in [1.29, 1.82) is 0 Å². The quantitative estimate of drug-likeness (QED) is 0.706. The number of hydrogen-bond donors (Lipinski definition) is 1. The van der Waals surface area contributed by atoms with E-state index in [-0.39, 0.29) is 18.2 Å². The Morgan fingerprint density at radius 2 is 1.65 bits per heavy atom. The first kappa shape index (κ1) is 20.5. The number of carbonyl (C=O) groups excluding carboxylic acids is 2. The molecular weight excluding hydrogens is 416 g/mol. The molecule has 138 valence electrons. The summed E-state index contributed by atoms with van der Waals surface area (Å²) in [6, 6.07) is 14.4. The van der Waals surface area contributed by atoms with Crippen LogP contribution in [0, 0.1) is 0 Å². The maximum Gasteiger partial charge on any atom is 0.242 e. The zero-order valence-electron chi connectivity index (χ0n) is 14.8.